The molecule has 1 aliphatic heterocycles. The van der Waals surface area contributed by atoms with Crippen LogP contribution in [0, 0.1) is 0 Å². The Bertz CT molecular complexity index is 708. The maximum Gasteiger partial charge on any atom is 0.410 e. The third kappa shape index (κ3) is 4.53. The van der Waals surface area contributed by atoms with E-state index in [2.05, 4.69) is 28.9 Å². The van der Waals surface area contributed by atoms with Gasteiger partial charge < -0.3 is 19.9 Å². The van der Waals surface area contributed by atoms with Gasteiger partial charge in [-0.25, -0.2) is 14.8 Å². The van der Waals surface area contributed by atoms with Gasteiger partial charge in [-0.05, 0) is 26.8 Å². The van der Waals surface area contributed by atoms with E-state index in [4.69, 9.17) is 4.74 Å². The predicted octanol–water partition coefficient (Wildman–Crippen LogP) is 2.13. The van der Waals surface area contributed by atoms with Crippen molar-refractivity contribution >= 4 is 35.3 Å². The molecule has 1 aliphatic rings. The fraction of sp³-hybridized carbons (Fsp3) is 0.533. The smallest absolute Gasteiger partial charge is 0.410 e. The van der Waals surface area contributed by atoms with Crippen LogP contribution in [-0.2, 0) is 4.74 Å². The molecule has 2 aromatic rings. The van der Waals surface area contributed by atoms with Crippen molar-refractivity contribution in [1.29, 1.82) is 0 Å². The zero-order valence-corrected chi connectivity index (χ0v) is 15.3. The highest BCUT2D eigenvalue weighted by molar-refractivity contribution is 6.99. The number of carbonyl (C=O) groups is 1. The van der Waals surface area contributed by atoms with Gasteiger partial charge >= 0.3 is 6.09 Å². The molecule has 25 heavy (non-hydrogen) atoms. The first-order valence-electron chi connectivity index (χ1n) is 8.01. The molecular weight excluding hydrogens is 342 g/mol. The van der Waals surface area contributed by atoms with Crippen molar-refractivity contribution in [3.8, 4) is 0 Å². The summed E-state index contributed by atoms with van der Waals surface area (Å²) >= 11 is 1.14. The highest BCUT2D eigenvalue weighted by Crippen LogP contribution is 2.26. The van der Waals surface area contributed by atoms with Crippen molar-refractivity contribution in [2.75, 3.05) is 36.4 Å². The zero-order valence-electron chi connectivity index (χ0n) is 14.5. The highest BCUT2D eigenvalue weighted by Gasteiger charge is 2.27. The average Bonchev–Trinajstić information content (AvgIpc) is 3.02. The van der Waals surface area contributed by atoms with E-state index in [0.29, 0.717) is 37.8 Å². The molecule has 3 heterocycles. The number of piperazine rings is 1. The van der Waals surface area contributed by atoms with Crippen molar-refractivity contribution in [1.82, 2.24) is 23.6 Å². The Morgan fingerprint density at radius 2 is 2.00 bits per heavy atom. The van der Waals surface area contributed by atoms with E-state index >= 15 is 0 Å². The third-order valence-electron chi connectivity index (χ3n) is 3.53. The molecule has 0 aliphatic carbocycles. The lowest BCUT2D eigenvalue weighted by atomic mass is 10.2. The number of ether oxygens (including phenoxy) is 1. The van der Waals surface area contributed by atoms with Crippen LogP contribution in [0.2, 0.25) is 0 Å². The van der Waals surface area contributed by atoms with E-state index in [9.17, 15) is 4.79 Å². The molecule has 0 spiro atoms. The van der Waals surface area contributed by atoms with Gasteiger partial charge in [-0.3, -0.25) is 0 Å². The average molecular weight is 363 g/mol. The number of amides is 1. The quantitative estimate of drug-likeness (QED) is 0.886. The summed E-state index contributed by atoms with van der Waals surface area (Å²) in [6, 6.07) is 1.77. The SMILES string of the molecule is CC(C)(C)OC(=O)N1CCN(c2nsnc2Nc2ccncn2)CC1. The van der Waals surface area contributed by atoms with Gasteiger partial charge in [0.1, 0.15) is 17.7 Å². The van der Waals surface area contributed by atoms with Crippen LogP contribution in [0.1, 0.15) is 20.8 Å². The van der Waals surface area contributed by atoms with Crippen LogP contribution in [-0.4, -0.2) is 61.5 Å². The Morgan fingerprint density at radius 3 is 2.64 bits per heavy atom. The first-order valence-corrected chi connectivity index (χ1v) is 8.74. The molecule has 1 amide bonds. The number of nitrogens with one attached hydrogen (secondary N) is 1. The summed E-state index contributed by atoms with van der Waals surface area (Å²) in [5, 5.41) is 3.15. The molecule has 1 fully saturated rings. The number of nitrogens with zero attached hydrogens (tertiary/aromatic N) is 6. The predicted molar refractivity (Wildman–Crippen MR) is 95.2 cm³/mol. The summed E-state index contributed by atoms with van der Waals surface area (Å²) in [6.07, 6.45) is 2.86. The molecule has 3 rings (SSSR count). The number of carbonyl (C=O) groups excluding carboxylic acids is 1. The minimum absolute atomic E-state index is 0.275. The van der Waals surface area contributed by atoms with Gasteiger partial charge in [-0.2, -0.15) is 8.75 Å². The second kappa shape index (κ2) is 7.18. The zero-order chi connectivity index (χ0) is 17.9. The Balaban J connectivity index is 1.60. The van der Waals surface area contributed by atoms with Gasteiger partial charge in [0.15, 0.2) is 11.6 Å². The Labute approximate surface area is 150 Å². The lowest BCUT2D eigenvalue weighted by molar-refractivity contribution is 0.0240. The molecule has 1 saturated heterocycles. The molecule has 134 valence electrons. The van der Waals surface area contributed by atoms with Crippen molar-refractivity contribution in [3.63, 3.8) is 0 Å². The molecular formula is C15H21N7O2S. The van der Waals surface area contributed by atoms with Crippen molar-refractivity contribution in [2.24, 2.45) is 0 Å². The Morgan fingerprint density at radius 1 is 1.24 bits per heavy atom. The lowest BCUT2D eigenvalue weighted by Gasteiger charge is -2.35. The standard InChI is InChI=1S/C15H21N7O2S/c1-15(2,3)24-14(23)22-8-6-21(7-9-22)13-12(19-25-20-13)18-11-4-5-16-10-17-11/h4-5,10H,6-9H2,1-3H3,(H,16,17,18,19). The largest absolute Gasteiger partial charge is 0.444 e. The van der Waals surface area contributed by atoms with E-state index < -0.39 is 5.60 Å². The number of hydrogen-bond acceptors (Lipinski definition) is 9. The van der Waals surface area contributed by atoms with E-state index in [1.807, 2.05) is 20.8 Å². The molecule has 9 nitrogen and oxygen atoms in total. The Kier molecular flexibility index (Phi) is 4.98. The second-order valence-electron chi connectivity index (χ2n) is 6.61. The van der Waals surface area contributed by atoms with Crippen molar-refractivity contribution in [3.05, 3.63) is 18.6 Å². The first kappa shape index (κ1) is 17.3. The van der Waals surface area contributed by atoms with Crippen LogP contribution in [0.3, 0.4) is 0 Å². The summed E-state index contributed by atoms with van der Waals surface area (Å²) in [6.45, 7) is 8.11. The Hall–Kier alpha value is -2.49. The number of rotatable bonds is 3. The minimum Gasteiger partial charge on any atom is -0.444 e. The molecule has 0 aromatic carbocycles. The van der Waals surface area contributed by atoms with Gasteiger partial charge in [0.25, 0.3) is 0 Å². The van der Waals surface area contributed by atoms with Gasteiger partial charge in [0, 0.05) is 32.4 Å². The number of aromatic nitrogens is 4. The molecule has 0 saturated carbocycles. The topological polar surface area (TPSA) is 96.4 Å². The third-order valence-corrected chi connectivity index (χ3v) is 4.05. The second-order valence-corrected chi connectivity index (χ2v) is 7.14. The molecule has 2 aromatic heterocycles. The van der Waals surface area contributed by atoms with Crippen LogP contribution < -0.4 is 10.2 Å². The van der Waals surface area contributed by atoms with E-state index in [1.54, 1.807) is 17.2 Å². The van der Waals surface area contributed by atoms with Crippen molar-refractivity contribution < 1.29 is 9.53 Å². The first-order chi connectivity index (χ1) is 11.9. The molecule has 0 atom stereocenters. The number of hydrogen-bond donors (Lipinski definition) is 1. The highest BCUT2D eigenvalue weighted by atomic mass is 32.1. The minimum atomic E-state index is -0.484. The molecule has 10 heteroatoms. The van der Waals surface area contributed by atoms with Crippen LogP contribution in [0.5, 0.6) is 0 Å². The van der Waals surface area contributed by atoms with E-state index in [0.717, 1.165) is 17.5 Å². The maximum absolute atomic E-state index is 12.1. The van der Waals surface area contributed by atoms with Gasteiger partial charge in [-0.15, -0.1) is 0 Å². The van der Waals surface area contributed by atoms with E-state index in [-0.39, 0.29) is 6.09 Å². The van der Waals surface area contributed by atoms with Crippen LogP contribution in [0.15, 0.2) is 18.6 Å². The van der Waals surface area contributed by atoms with E-state index in [1.165, 1.54) is 6.33 Å². The summed E-state index contributed by atoms with van der Waals surface area (Å²) in [5.74, 6) is 2.10. The summed E-state index contributed by atoms with van der Waals surface area (Å²) in [4.78, 5) is 24.0. The van der Waals surface area contributed by atoms with Gasteiger partial charge in [0.05, 0.1) is 11.7 Å². The van der Waals surface area contributed by atoms with Crippen LogP contribution >= 0.6 is 11.7 Å². The van der Waals surface area contributed by atoms with Crippen LogP contribution in [0.25, 0.3) is 0 Å². The normalized spacial score (nSPS) is 15.2. The fourth-order valence-electron chi connectivity index (χ4n) is 2.38. The maximum atomic E-state index is 12.1. The summed E-state index contributed by atoms with van der Waals surface area (Å²) in [7, 11) is 0. The van der Waals surface area contributed by atoms with Crippen molar-refractivity contribution in [2.45, 2.75) is 26.4 Å². The monoisotopic (exact) mass is 363 g/mol. The molecule has 0 radical (unpaired) electrons. The van der Waals surface area contributed by atoms with Crippen LogP contribution in [0.4, 0.5) is 22.2 Å². The molecule has 0 unspecified atom stereocenters. The summed E-state index contributed by atoms with van der Waals surface area (Å²) < 4.78 is 14.1. The van der Waals surface area contributed by atoms with Gasteiger partial charge in [-0.1, -0.05) is 0 Å². The summed E-state index contributed by atoms with van der Waals surface area (Å²) in [5.41, 5.74) is -0.484. The molecule has 1 N–H and O–H groups in total. The molecule has 0 bridgehead atoms. The fourth-order valence-corrected chi connectivity index (χ4v) is 2.91. The lowest BCUT2D eigenvalue weighted by Crippen LogP contribution is -2.50. The number of anilines is 3. The van der Waals surface area contributed by atoms with Gasteiger partial charge in [0.2, 0.25) is 0 Å².